The first-order valence-corrected chi connectivity index (χ1v) is 7.31. The Labute approximate surface area is 125 Å². The smallest absolute Gasteiger partial charge is 0.244 e. The molecule has 0 saturated heterocycles. The molecule has 2 amide bonds. The Morgan fingerprint density at radius 1 is 1.33 bits per heavy atom. The molecule has 0 aliphatic heterocycles. The number of carbonyl (C=O) groups is 2. The van der Waals surface area contributed by atoms with Crippen molar-refractivity contribution in [1.29, 1.82) is 0 Å². The van der Waals surface area contributed by atoms with Crippen molar-refractivity contribution in [2.75, 3.05) is 19.0 Å². The molecule has 1 N–H and O–H groups in total. The molecule has 2 rings (SSSR count). The summed E-state index contributed by atoms with van der Waals surface area (Å²) in [5, 5.41) is 2.81. The molecule has 0 aromatic heterocycles. The molecule has 5 nitrogen and oxygen atoms in total. The summed E-state index contributed by atoms with van der Waals surface area (Å²) in [6, 6.07) is 7.39. The zero-order chi connectivity index (χ0) is 15.2. The first-order chi connectivity index (χ1) is 10.1. The molecular formula is C16H22N2O3. The van der Waals surface area contributed by atoms with E-state index >= 15 is 0 Å². The Morgan fingerprint density at radius 3 is 2.67 bits per heavy atom. The molecule has 114 valence electrons. The van der Waals surface area contributed by atoms with Gasteiger partial charge in [0.1, 0.15) is 12.3 Å². The van der Waals surface area contributed by atoms with Crippen LogP contribution in [0, 0.1) is 0 Å². The van der Waals surface area contributed by atoms with Crippen molar-refractivity contribution >= 4 is 17.5 Å². The molecule has 1 aliphatic carbocycles. The number of carbonyl (C=O) groups excluding carboxylic acids is 2. The fourth-order valence-corrected chi connectivity index (χ4v) is 2.77. The normalized spacial score (nSPS) is 14.8. The van der Waals surface area contributed by atoms with Crippen LogP contribution in [0.3, 0.4) is 0 Å². The van der Waals surface area contributed by atoms with E-state index in [1.54, 1.807) is 24.1 Å². The fraction of sp³-hybridized carbons (Fsp3) is 0.500. The van der Waals surface area contributed by atoms with Crippen molar-refractivity contribution in [3.05, 3.63) is 24.3 Å². The van der Waals surface area contributed by atoms with Gasteiger partial charge in [-0.25, -0.2) is 0 Å². The van der Waals surface area contributed by atoms with E-state index in [4.69, 9.17) is 4.74 Å². The lowest BCUT2D eigenvalue weighted by atomic mass is 10.2. The van der Waals surface area contributed by atoms with E-state index in [2.05, 4.69) is 5.32 Å². The van der Waals surface area contributed by atoms with Crippen LogP contribution < -0.4 is 10.1 Å². The van der Waals surface area contributed by atoms with Crippen LogP contribution in [0.25, 0.3) is 0 Å². The molecule has 0 heterocycles. The number of nitrogens with zero attached hydrogens (tertiary/aromatic N) is 1. The predicted octanol–water partition coefficient (Wildman–Crippen LogP) is 2.42. The Morgan fingerprint density at radius 2 is 2.05 bits per heavy atom. The maximum absolute atomic E-state index is 12.1. The summed E-state index contributed by atoms with van der Waals surface area (Å²) in [4.78, 5) is 25.6. The maximum Gasteiger partial charge on any atom is 0.244 e. The van der Waals surface area contributed by atoms with E-state index in [0.717, 1.165) is 25.7 Å². The lowest BCUT2D eigenvalue weighted by molar-refractivity contribution is -0.135. The maximum atomic E-state index is 12.1. The first-order valence-electron chi connectivity index (χ1n) is 7.31. The summed E-state index contributed by atoms with van der Waals surface area (Å²) < 4.78 is 5.12. The van der Waals surface area contributed by atoms with Gasteiger partial charge in [0.25, 0.3) is 0 Å². The number of nitrogens with one attached hydrogen (secondary N) is 1. The highest BCUT2D eigenvalue weighted by Crippen LogP contribution is 2.23. The van der Waals surface area contributed by atoms with Gasteiger partial charge in [-0.05, 0) is 25.0 Å². The van der Waals surface area contributed by atoms with Gasteiger partial charge in [0.2, 0.25) is 11.8 Å². The molecule has 0 atom stereocenters. The zero-order valence-corrected chi connectivity index (χ0v) is 12.6. The van der Waals surface area contributed by atoms with E-state index < -0.39 is 0 Å². The van der Waals surface area contributed by atoms with Crippen molar-refractivity contribution in [2.24, 2.45) is 0 Å². The second kappa shape index (κ2) is 7.11. The van der Waals surface area contributed by atoms with Crippen molar-refractivity contribution in [2.45, 2.75) is 38.6 Å². The van der Waals surface area contributed by atoms with Crippen molar-refractivity contribution in [3.8, 4) is 5.75 Å². The number of amides is 2. The van der Waals surface area contributed by atoms with E-state index in [1.165, 1.54) is 6.92 Å². The van der Waals surface area contributed by atoms with Crippen LogP contribution in [-0.4, -0.2) is 36.4 Å². The molecule has 1 aromatic carbocycles. The summed E-state index contributed by atoms with van der Waals surface area (Å²) in [5.41, 5.74) is 0.675. The van der Waals surface area contributed by atoms with Crippen molar-refractivity contribution in [3.63, 3.8) is 0 Å². The van der Waals surface area contributed by atoms with Gasteiger partial charge in [-0.2, -0.15) is 0 Å². The van der Waals surface area contributed by atoms with Crippen LogP contribution in [0.1, 0.15) is 32.6 Å². The third-order valence-electron chi connectivity index (χ3n) is 3.84. The molecule has 0 radical (unpaired) electrons. The van der Waals surface area contributed by atoms with E-state index in [-0.39, 0.29) is 24.4 Å². The van der Waals surface area contributed by atoms with E-state index in [9.17, 15) is 9.59 Å². The van der Waals surface area contributed by atoms with Crippen LogP contribution >= 0.6 is 0 Å². The lowest BCUT2D eigenvalue weighted by Crippen LogP contribution is -2.42. The average molecular weight is 290 g/mol. The van der Waals surface area contributed by atoms with Crippen LogP contribution in [0.15, 0.2) is 24.3 Å². The van der Waals surface area contributed by atoms with Crippen molar-refractivity contribution < 1.29 is 14.3 Å². The van der Waals surface area contributed by atoms with Gasteiger partial charge in [0, 0.05) is 24.7 Å². The zero-order valence-electron chi connectivity index (χ0n) is 12.6. The van der Waals surface area contributed by atoms with Gasteiger partial charge >= 0.3 is 0 Å². The van der Waals surface area contributed by atoms with Crippen LogP contribution in [0.2, 0.25) is 0 Å². The summed E-state index contributed by atoms with van der Waals surface area (Å²) >= 11 is 0. The molecule has 1 saturated carbocycles. The van der Waals surface area contributed by atoms with Crippen LogP contribution in [0.5, 0.6) is 5.75 Å². The lowest BCUT2D eigenvalue weighted by Gasteiger charge is -2.27. The van der Waals surface area contributed by atoms with Gasteiger partial charge in [0.15, 0.2) is 0 Å². The number of ether oxygens (including phenoxy) is 1. The minimum Gasteiger partial charge on any atom is -0.497 e. The number of methoxy groups -OCH3 is 1. The molecule has 0 bridgehead atoms. The molecule has 1 aromatic rings. The Hall–Kier alpha value is -2.04. The Balaban J connectivity index is 1.96. The molecule has 21 heavy (non-hydrogen) atoms. The van der Waals surface area contributed by atoms with E-state index in [1.807, 2.05) is 12.1 Å². The highest BCUT2D eigenvalue weighted by molar-refractivity contribution is 5.94. The van der Waals surface area contributed by atoms with E-state index in [0.29, 0.717) is 11.4 Å². The third-order valence-corrected chi connectivity index (χ3v) is 3.84. The van der Waals surface area contributed by atoms with Crippen molar-refractivity contribution in [1.82, 2.24) is 4.90 Å². The quantitative estimate of drug-likeness (QED) is 0.906. The highest BCUT2D eigenvalue weighted by atomic mass is 16.5. The summed E-state index contributed by atoms with van der Waals surface area (Å²) in [6.45, 7) is 1.63. The highest BCUT2D eigenvalue weighted by Gasteiger charge is 2.26. The minimum atomic E-state index is -0.176. The Kier molecular flexibility index (Phi) is 5.20. The molecule has 1 aliphatic rings. The molecular weight excluding hydrogens is 268 g/mol. The molecule has 1 fully saturated rings. The summed E-state index contributed by atoms with van der Waals surface area (Å²) in [7, 11) is 1.58. The number of benzene rings is 1. The largest absolute Gasteiger partial charge is 0.497 e. The minimum absolute atomic E-state index is 0.0392. The predicted molar refractivity (Wildman–Crippen MR) is 81.3 cm³/mol. The topological polar surface area (TPSA) is 58.6 Å². The number of hydrogen-bond donors (Lipinski definition) is 1. The summed E-state index contributed by atoms with van der Waals surface area (Å²) in [5.74, 6) is 0.472. The van der Waals surface area contributed by atoms with Gasteiger partial charge in [-0.1, -0.05) is 18.9 Å². The Bertz CT molecular complexity index is 510. The fourth-order valence-electron chi connectivity index (χ4n) is 2.77. The van der Waals surface area contributed by atoms with Gasteiger partial charge in [0.05, 0.1) is 7.11 Å². The SMILES string of the molecule is COc1cccc(NC(=O)CN(C(C)=O)C2CCCC2)c1. The molecule has 0 spiro atoms. The molecule has 5 heteroatoms. The van der Waals surface area contributed by atoms with Gasteiger partial charge in [-0.15, -0.1) is 0 Å². The number of rotatable bonds is 5. The molecule has 0 unspecified atom stereocenters. The van der Waals surface area contributed by atoms with Crippen LogP contribution in [-0.2, 0) is 9.59 Å². The van der Waals surface area contributed by atoms with Crippen LogP contribution in [0.4, 0.5) is 5.69 Å². The van der Waals surface area contributed by atoms with Gasteiger partial charge < -0.3 is 15.0 Å². The average Bonchev–Trinajstić information content (AvgIpc) is 2.98. The third kappa shape index (κ3) is 4.21. The number of anilines is 1. The second-order valence-corrected chi connectivity index (χ2v) is 5.37. The summed E-state index contributed by atoms with van der Waals surface area (Å²) in [6.07, 6.45) is 4.25. The monoisotopic (exact) mass is 290 g/mol. The standard InChI is InChI=1S/C16H22N2O3/c1-12(19)18(14-7-3-4-8-14)11-16(20)17-13-6-5-9-15(10-13)21-2/h5-6,9-10,14H,3-4,7-8,11H2,1-2H3,(H,17,20). The number of hydrogen-bond acceptors (Lipinski definition) is 3. The second-order valence-electron chi connectivity index (χ2n) is 5.37. The first kappa shape index (κ1) is 15.4. The van der Waals surface area contributed by atoms with Gasteiger partial charge in [-0.3, -0.25) is 9.59 Å².